The summed E-state index contributed by atoms with van der Waals surface area (Å²) < 4.78 is 26.5. The molecule has 0 saturated heterocycles. The first kappa shape index (κ1) is 14.3. The first-order chi connectivity index (χ1) is 7.62. The van der Waals surface area contributed by atoms with Gasteiger partial charge in [-0.05, 0) is 23.6 Å². The first-order valence-corrected chi connectivity index (χ1v) is 7.03. The quantitative estimate of drug-likeness (QED) is 0.832. The van der Waals surface area contributed by atoms with Crippen molar-refractivity contribution in [1.82, 2.24) is 4.72 Å². The van der Waals surface area contributed by atoms with E-state index < -0.39 is 10.0 Å². The predicted octanol–water partition coefficient (Wildman–Crippen LogP) is 2.25. The number of benzene rings is 1. The van der Waals surface area contributed by atoms with Gasteiger partial charge in [0.15, 0.2) is 0 Å². The van der Waals surface area contributed by atoms with Crippen molar-refractivity contribution in [3.8, 4) is 0 Å². The van der Waals surface area contributed by atoms with Gasteiger partial charge in [-0.2, -0.15) is 0 Å². The molecule has 0 radical (unpaired) electrons. The van der Waals surface area contributed by atoms with E-state index in [9.17, 15) is 8.42 Å². The predicted molar refractivity (Wildman–Crippen MR) is 70.5 cm³/mol. The molecule has 6 heteroatoms. The summed E-state index contributed by atoms with van der Waals surface area (Å²) in [5, 5.41) is 0.167. The van der Waals surface area contributed by atoms with Crippen LogP contribution in [0.1, 0.15) is 20.8 Å². The molecule has 4 nitrogen and oxygen atoms in total. The number of sulfonamides is 1. The third-order valence-electron chi connectivity index (χ3n) is 2.04. The zero-order valence-corrected chi connectivity index (χ0v) is 11.7. The minimum atomic E-state index is -3.61. The molecule has 0 bridgehead atoms. The molecule has 1 rings (SSSR count). The van der Waals surface area contributed by atoms with Crippen molar-refractivity contribution in [3.63, 3.8) is 0 Å². The van der Waals surface area contributed by atoms with E-state index in [-0.39, 0.29) is 15.3 Å². The molecule has 0 heterocycles. The van der Waals surface area contributed by atoms with E-state index in [0.717, 1.165) is 0 Å². The van der Waals surface area contributed by atoms with Crippen LogP contribution in [0.25, 0.3) is 0 Å². The third-order valence-corrected chi connectivity index (χ3v) is 3.92. The Kier molecular flexibility index (Phi) is 4.06. The van der Waals surface area contributed by atoms with Gasteiger partial charge in [-0.25, -0.2) is 13.1 Å². The molecule has 0 aliphatic heterocycles. The molecule has 1 aromatic carbocycles. The largest absolute Gasteiger partial charge is 0.399 e. The molecular formula is C11H17ClN2O2S. The van der Waals surface area contributed by atoms with Crippen LogP contribution >= 0.6 is 11.6 Å². The maximum atomic E-state index is 12.0. The van der Waals surface area contributed by atoms with Gasteiger partial charge in [0.1, 0.15) is 4.90 Å². The van der Waals surface area contributed by atoms with Crippen molar-refractivity contribution in [2.24, 2.45) is 5.41 Å². The van der Waals surface area contributed by atoms with E-state index in [1.54, 1.807) is 6.07 Å². The molecule has 3 N–H and O–H groups in total. The second-order valence-electron chi connectivity index (χ2n) is 5.08. The summed E-state index contributed by atoms with van der Waals surface area (Å²) in [6, 6.07) is 4.39. The molecular weight excluding hydrogens is 260 g/mol. The van der Waals surface area contributed by atoms with Gasteiger partial charge in [-0.1, -0.05) is 32.4 Å². The highest BCUT2D eigenvalue weighted by molar-refractivity contribution is 7.89. The van der Waals surface area contributed by atoms with Gasteiger partial charge in [-0.3, -0.25) is 0 Å². The minimum absolute atomic E-state index is 0.0171. The van der Waals surface area contributed by atoms with Crippen molar-refractivity contribution in [2.75, 3.05) is 12.3 Å². The average molecular weight is 277 g/mol. The highest BCUT2D eigenvalue weighted by Gasteiger charge is 2.21. The van der Waals surface area contributed by atoms with Gasteiger partial charge in [-0.15, -0.1) is 0 Å². The standard InChI is InChI=1S/C11H17ClN2O2S/c1-11(2,3)7-14-17(15,16)10-6-8(13)4-5-9(10)12/h4-6,14H,7,13H2,1-3H3. The highest BCUT2D eigenvalue weighted by Crippen LogP contribution is 2.24. The maximum Gasteiger partial charge on any atom is 0.242 e. The van der Waals surface area contributed by atoms with Crippen LogP contribution in [0.5, 0.6) is 0 Å². The fourth-order valence-electron chi connectivity index (χ4n) is 1.12. The van der Waals surface area contributed by atoms with Crippen LogP contribution in [0, 0.1) is 5.41 Å². The van der Waals surface area contributed by atoms with Crippen LogP contribution in [-0.2, 0) is 10.0 Å². The summed E-state index contributed by atoms with van der Waals surface area (Å²) in [5.74, 6) is 0. The number of hydrogen-bond acceptors (Lipinski definition) is 3. The molecule has 0 saturated carbocycles. The Morgan fingerprint density at radius 3 is 2.47 bits per heavy atom. The van der Waals surface area contributed by atoms with Gasteiger partial charge in [0, 0.05) is 12.2 Å². The van der Waals surface area contributed by atoms with Gasteiger partial charge in [0.2, 0.25) is 10.0 Å². The summed E-state index contributed by atoms with van der Waals surface area (Å²) >= 11 is 5.86. The fourth-order valence-corrected chi connectivity index (χ4v) is 2.93. The summed E-state index contributed by atoms with van der Waals surface area (Å²) in [5.41, 5.74) is 5.78. The Hall–Kier alpha value is -0.780. The van der Waals surface area contributed by atoms with Gasteiger partial charge < -0.3 is 5.73 Å². The molecule has 0 aliphatic carbocycles. The van der Waals surface area contributed by atoms with Crippen LogP contribution in [0.3, 0.4) is 0 Å². The molecule has 0 atom stereocenters. The van der Waals surface area contributed by atoms with E-state index >= 15 is 0 Å². The lowest BCUT2D eigenvalue weighted by molar-refractivity contribution is 0.407. The molecule has 0 aliphatic rings. The Morgan fingerprint density at radius 2 is 1.94 bits per heavy atom. The number of halogens is 1. The second kappa shape index (κ2) is 4.84. The monoisotopic (exact) mass is 276 g/mol. The van der Waals surface area contributed by atoms with Gasteiger partial charge in [0.05, 0.1) is 5.02 Å². The van der Waals surface area contributed by atoms with Crippen molar-refractivity contribution in [1.29, 1.82) is 0 Å². The third kappa shape index (κ3) is 4.18. The van der Waals surface area contributed by atoms with E-state index in [0.29, 0.717) is 12.2 Å². The zero-order chi connectivity index (χ0) is 13.3. The van der Waals surface area contributed by atoms with Crippen molar-refractivity contribution in [2.45, 2.75) is 25.7 Å². The van der Waals surface area contributed by atoms with Crippen molar-refractivity contribution < 1.29 is 8.42 Å². The summed E-state index contributed by atoms with van der Waals surface area (Å²) in [7, 11) is -3.61. The molecule has 0 amide bonds. The highest BCUT2D eigenvalue weighted by atomic mass is 35.5. The van der Waals surface area contributed by atoms with E-state index in [1.807, 2.05) is 20.8 Å². The average Bonchev–Trinajstić information content (AvgIpc) is 2.18. The number of nitrogens with one attached hydrogen (secondary N) is 1. The number of nitrogens with two attached hydrogens (primary N) is 1. The Labute approximate surface area is 107 Å². The lowest BCUT2D eigenvalue weighted by Crippen LogP contribution is -2.32. The van der Waals surface area contributed by atoms with E-state index in [2.05, 4.69) is 4.72 Å². The number of rotatable bonds is 3. The Balaban J connectivity index is 3.02. The number of nitrogen functional groups attached to an aromatic ring is 1. The van der Waals surface area contributed by atoms with Crippen molar-refractivity contribution >= 4 is 27.3 Å². The van der Waals surface area contributed by atoms with Crippen LogP contribution in [-0.4, -0.2) is 15.0 Å². The minimum Gasteiger partial charge on any atom is -0.399 e. The summed E-state index contributed by atoms with van der Waals surface area (Å²) in [4.78, 5) is 0.0171. The molecule has 0 fully saturated rings. The van der Waals surface area contributed by atoms with Crippen LogP contribution in [0.4, 0.5) is 5.69 Å². The van der Waals surface area contributed by atoms with Gasteiger partial charge in [0.25, 0.3) is 0 Å². The SMILES string of the molecule is CC(C)(C)CNS(=O)(=O)c1cc(N)ccc1Cl. The number of hydrogen-bond donors (Lipinski definition) is 2. The maximum absolute atomic E-state index is 12.0. The molecule has 0 aromatic heterocycles. The van der Waals surface area contributed by atoms with E-state index in [4.69, 9.17) is 17.3 Å². The van der Waals surface area contributed by atoms with Crippen molar-refractivity contribution in [3.05, 3.63) is 23.2 Å². The Morgan fingerprint density at radius 1 is 1.35 bits per heavy atom. The molecule has 0 unspecified atom stereocenters. The molecule has 17 heavy (non-hydrogen) atoms. The normalized spacial score (nSPS) is 12.7. The first-order valence-electron chi connectivity index (χ1n) is 5.16. The smallest absolute Gasteiger partial charge is 0.242 e. The zero-order valence-electron chi connectivity index (χ0n) is 10.1. The molecule has 0 spiro atoms. The fraction of sp³-hybridized carbons (Fsp3) is 0.455. The lowest BCUT2D eigenvalue weighted by atomic mass is 9.98. The summed E-state index contributed by atoms with van der Waals surface area (Å²) in [6.07, 6.45) is 0. The van der Waals surface area contributed by atoms with Crippen LogP contribution < -0.4 is 10.5 Å². The van der Waals surface area contributed by atoms with Crippen LogP contribution in [0.15, 0.2) is 23.1 Å². The van der Waals surface area contributed by atoms with Gasteiger partial charge >= 0.3 is 0 Å². The van der Waals surface area contributed by atoms with Crippen LogP contribution in [0.2, 0.25) is 5.02 Å². The summed E-state index contributed by atoms with van der Waals surface area (Å²) in [6.45, 7) is 6.16. The molecule has 96 valence electrons. The Bertz CT molecular complexity index is 507. The molecule has 1 aromatic rings. The second-order valence-corrected chi connectivity index (χ2v) is 7.22. The topological polar surface area (TPSA) is 72.2 Å². The number of anilines is 1. The van der Waals surface area contributed by atoms with E-state index in [1.165, 1.54) is 12.1 Å². The lowest BCUT2D eigenvalue weighted by Gasteiger charge is -2.19.